The number of thioether (sulfide) groups is 1. The summed E-state index contributed by atoms with van der Waals surface area (Å²) in [6, 6.07) is 8.44. The first-order chi connectivity index (χ1) is 14.5. The van der Waals surface area contributed by atoms with Crippen LogP contribution in [-0.2, 0) is 16.1 Å². The molecule has 1 aliphatic carbocycles. The molecule has 1 aromatic carbocycles. The van der Waals surface area contributed by atoms with E-state index in [1.165, 1.54) is 16.9 Å². The van der Waals surface area contributed by atoms with Gasteiger partial charge in [0.15, 0.2) is 0 Å². The summed E-state index contributed by atoms with van der Waals surface area (Å²) in [7, 11) is 0. The highest BCUT2D eigenvalue weighted by atomic mass is 32.2. The Bertz CT molecular complexity index is 715. The number of piperidine rings is 1. The van der Waals surface area contributed by atoms with Crippen molar-refractivity contribution in [1.29, 1.82) is 0 Å². The second-order valence-electron chi connectivity index (χ2n) is 10.7. The summed E-state index contributed by atoms with van der Waals surface area (Å²) >= 11 is 1.67. The number of hydrogen-bond donors (Lipinski definition) is 1. The van der Waals surface area contributed by atoms with Crippen LogP contribution in [0.5, 0.6) is 0 Å². The highest BCUT2D eigenvalue weighted by molar-refractivity contribution is 7.99. The normalized spacial score (nSPS) is 22.5. The van der Waals surface area contributed by atoms with E-state index < -0.39 is 11.2 Å². The van der Waals surface area contributed by atoms with Crippen molar-refractivity contribution in [3.63, 3.8) is 0 Å². The number of amides is 1. The number of hydrogen-bond acceptors (Lipinski definition) is 5. The van der Waals surface area contributed by atoms with Crippen LogP contribution >= 0.6 is 11.8 Å². The molecule has 2 aliphatic rings. The maximum Gasteiger partial charge on any atom is 0.410 e. The molecular formula is C25H39NO4S. The second kappa shape index (κ2) is 10.1. The lowest BCUT2D eigenvalue weighted by Gasteiger charge is -2.33. The van der Waals surface area contributed by atoms with E-state index in [-0.39, 0.29) is 6.09 Å². The van der Waals surface area contributed by atoms with Crippen LogP contribution in [0.2, 0.25) is 0 Å². The van der Waals surface area contributed by atoms with E-state index >= 15 is 0 Å². The summed E-state index contributed by atoms with van der Waals surface area (Å²) in [5.74, 6) is 2.81. The zero-order valence-electron chi connectivity index (χ0n) is 19.7. The van der Waals surface area contributed by atoms with Crippen LogP contribution in [-0.4, -0.2) is 52.8 Å². The molecule has 1 N–H and O–H groups in total. The first-order valence-electron chi connectivity index (χ1n) is 11.5. The van der Waals surface area contributed by atoms with Gasteiger partial charge >= 0.3 is 6.09 Å². The third-order valence-electron chi connectivity index (χ3n) is 5.89. The molecule has 2 atom stereocenters. The molecule has 6 heteroatoms. The Hall–Kier alpha value is -1.24. The van der Waals surface area contributed by atoms with Crippen LogP contribution in [0, 0.1) is 17.8 Å². The van der Waals surface area contributed by atoms with Gasteiger partial charge in [0.2, 0.25) is 0 Å². The fraction of sp³-hybridized carbons (Fsp3) is 0.720. The van der Waals surface area contributed by atoms with Gasteiger partial charge in [0, 0.05) is 23.7 Å². The van der Waals surface area contributed by atoms with Crippen LogP contribution in [0.1, 0.15) is 59.4 Å². The van der Waals surface area contributed by atoms with Gasteiger partial charge in [0.1, 0.15) is 5.60 Å². The molecule has 1 aliphatic heterocycles. The lowest BCUT2D eigenvalue weighted by molar-refractivity contribution is 0.0170. The first-order valence-corrected chi connectivity index (χ1v) is 12.5. The van der Waals surface area contributed by atoms with Crippen molar-refractivity contribution in [2.75, 3.05) is 25.4 Å². The van der Waals surface area contributed by atoms with Crippen LogP contribution in [0.3, 0.4) is 0 Å². The molecule has 1 saturated carbocycles. The Balaban J connectivity index is 1.31. The quantitative estimate of drug-likeness (QED) is 0.542. The third kappa shape index (κ3) is 8.32. The summed E-state index contributed by atoms with van der Waals surface area (Å²) < 4.78 is 11.5. The SMILES string of the molecule is CC(C)(O)CSc1ccc(COC[C@@H]2CC2C2CCN(C(=O)OC(C)(C)C)CC2)cc1. The van der Waals surface area contributed by atoms with E-state index in [1.54, 1.807) is 11.8 Å². The minimum Gasteiger partial charge on any atom is -0.444 e. The van der Waals surface area contributed by atoms with E-state index in [4.69, 9.17) is 9.47 Å². The number of nitrogens with zero attached hydrogens (tertiary/aromatic N) is 1. The van der Waals surface area contributed by atoms with Crippen molar-refractivity contribution in [2.24, 2.45) is 17.8 Å². The van der Waals surface area contributed by atoms with Crippen LogP contribution in [0.4, 0.5) is 4.79 Å². The lowest BCUT2D eigenvalue weighted by Crippen LogP contribution is -2.42. The number of likely N-dealkylation sites (tertiary alicyclic amines) is 1. The fourth-order valence-corrected chi connectivity index (χ4v) is 5.00. The summed E-state index contributed by atoms with van der Waals surface area (Å²) in [4.78, 5) is 15.3. The van der Waals surface area contributed by atoms with Crippen molar-refractivity contribution in [3.05, 3.63) is 29.8 Å². The van der Waals surface area contributed by atoms with Gasteiger partial charge in [0.05, 0.1) is 18.8 Å². The third-order valence-corrected chi connectivity index (χ3v) is 7.35. The zero-order chi connectivity index (χ0) is 22.6. The molecule has 0 bridgehead atoms. The van der Waals surface area contributed by atoms with Gasteiger partial charge in [-0.05, 0) is 89.3 Å². The molecule has 5 nitrogen and oxygen atoms in total. The number of rotatable bonds is 8. The molecule has 1 saturated heterocycles. The van der Waals surface area contributed by atoms with Gasteiger partial charge in [-0.1, -0.05) is 12.1 Å². The lowest BCUT2D eigenvalue weighted by atomic mass is 9.91. The minimum absolute atomic E-state index is 0.175. The second-order valence-corrected chi connectivity index (χ2v) is 11.8. The number of benzene rings is 1. The molecule has 1 aromatic rings. The molecule has 2 fully saturated rings. The highest BCUT2D eigenvalue weighted by Crippen LogP contribution is 2.48. The Morgan fingerprint density at radius 1 is 1.13 bits per heavy atom. The van der Waals surface area contributed by atoms with Gasteiger partial charge in [-0.2, -0.15) is 0 Å². The zero-order valence-corrected chi connectivity index (χ0v) is 20.5. The van der Waals surface area contributed by atoms with Gasteiger partial charge in [-0.15, -0.1) is 11.8 Å². The van der Waals surface area contributed by atoms with E-state index in [0.717, 1.165) is 38.5 Å². The van der Waals surface area contributed by atoms with Crippen molar-refractivity contribution in [2.45, 2.75) is 76.6 Å². The van der Waals surface area contributed by atoms with Crippen molar-refractivity contribution < 1.29 is 19.4 Å². The molecule has 0 aromatic heterocycles. The summed E-state index contributed by atoms with van der Waals surface area (Å²) in [6.07, 6.45) is 3.23. The molecular weight excluding hydrogens is 410 g/mol. The van der Waals surface area contributed by atoms with Crippen LogP contribution in [0.25, 0.3) is 0 Å². The number of carbonyl (C=O) groups is 1. The van der Waals surface area contributed by atoms with E-state index in [1.807, 2.05) is 39.5 Å². The molecule has 0 spiro atoms. The topological polar surface area (TPSA) is 59.0 Å². The van der Waals surface area contributed by atoms with E-state index in [0.29, 0.717) is 24.2 Å². The minimum atomic E-state index is -0.653. The van der Waals surface area contributed by atoms with E-state index in [2.05, 4.69) is 24.3 Å². The number of ether oxygens (including phenoxy) is 2. The average molecular weight is 450 g/mol. The molecule has 1 heterocycles. The standard InChI is InChI=1S/C25H39NO4S/c1-24(2,3)30-23(27)26-12-10-19(11-13-26)22-14-20(22)16-29-15-18-6-8-21(9-7-18)31-17-25(4,5)28/h6-9,19-20,22,28H,10-17H2,1-5H3/t20-,22?/m0/s1. The van der Waals surface area contributed by atoms with Crippen LogP contribution < -0.4 is 0 Å². The van der Waals surface area contributed by atoms with Gasteiger partial charge in [-0.3, -0.25) is 0 Å². The Morgan fingerprint density at radius 3 is 2.35 bits per heavy atom. The summed E-state index contributed by atoms with van der Waals surface area (Å²) in [5.41, 5.74) is 0.109. The highest BCUT2D eigenvalue weighted by Gasteiger charge is 2.44. The van der Waals surface area contributed by atoms with Crippen molar-refractivity contribution in [3.8, 4) is 0 Å². The van der Waals surface area contributed by atoms with Crippen LogP contribution in [0.15, 0.2) is 29.2 Å². The van der Waals surface area contributed by atoms with Gasteiger partial charge < -0.3 is 19.5 Å². The molecule has 1 unspecified atom stereocenters. The molecule has 3 rings (SSSR count). The smallest absolute Gasteiger partial charge is 0.410 e. The Kier molecular flexibility index (Phi) is 7.98. The molecule has 1 amide bonds. The van der Waals surface area contributed by atoms with Crippen molar-refractivity contribution >= 4 is 17.9 Å². The largest absolute Gasteiger partial charge is 0.444 e. The molecule has 0 radical (unpaired) electrons. The van der Waals surface area contributed by atoms with Crippen molar-refractivity contribution in [1.82, 2.24) is 4.90 Å². The molecule has 31 heavy (non-hydrogen) atoms. The predicted molar refractivity (Wildman–Crippen MR) is 125 cm³/mol. The van der Waals surface area contributed by atoms with E-state index in [9.17, 15) is 9.90 Å². The molecule has 174 valence electrons. The maximum absolute atomic E-state index is 12.2. The number of carbonyl (C=O) groups excluding carboxylic acids is 1. The predicted octanol–water partition coefficient (Wildman–Crippen LogP) is 5.35. The van der Waals surface area contributed by atoms with Gasteiger partial charge in [0.25, 0.3) is 0 Å². The Labute approximate surface area is 191 Å². The Morgan fingerprint density at radius 2 is 1.77 bits per heavy atom. The summed E-state index contributed by atoms with van der Waals surface area (Å²) in [6.45, 7) is 12.5. The monoisotopic (exact) mass is 449 g/mol. The average Bonchev–Trinajstić information content (AvgIpc) is 3.45. The number of aliphatic hydroxyl groups is 1. The summed E-state index contributed by atoms with van der Waals surface area (Å²) in [5, 5.41) is 9.84. The first kappa shape index (κ1) is 24.4. The fourth-order valence-electron chi connectivity index (χ4n) is 4.15. The van der Waals surface area contributed by atoms with Gasteiger partial charge in [-0.25, -0.2) is 4.79 Å². The maximum atomic E-state index is 12.2.